The molecule has 0 unspecified atom stereocenters. The van der Waals surface area contributed by atoms with Crippen LogP contribution in [-0.4, -0.2) is 81.2 Å². The molecule has 150 valence electrons. The van der Waals surface area contributed by atoms with Crippen LogP contribution in [0.2, 0.25) is 0 Å². The van der Waals surface area contributed by atoms with Crippen LogP contribution in [-0.2, 0) is 20.7 Å². The summed E-state index contributed by atoms with van der Waals surface area (Å²) in [6, 6.07) is 7.81. The molecular formula is C20H31N3O4. The van der Waals surface area contributed by atoms with E-state index in [-0.39, 0.29) is 11.8 Å². The van der Waals surface area contributed by atoms with Gasteiger partial charge in [0.2, 0.25) is 11.8 Å². The fourth-order valence-corrected chi connectivity index (χ4v) is 2.98. The molecule has 1 fully saturated rings. The van der Waals surface area contributed by atoms with Crippen LogP contribution in [0.1, 0.15) is 18.9 Å². The molecule has 0 atom stereocenters. The molecule has 1 aromatic carbocycles. The highest BCUT2D eigenvalue weighted by Crippen LogP contribution is 2.11. The number of carbonyl (C=O) groups is 2. The van der Waals surface area contributed by atoms with E-state index in [0.717, 1.165) is 50.6 Å². The number of nitrogens with zero attached hydrogens (tertiary/aromatic N) is 2. The molecule has 1 aliphatic rings. The van der Waals surface area contributed by atoms with Crippen molar-refractivity contribution < 1.29 is 19.1 Å². The van der Waals surface area contributed by atoms with Crippen LogP contribution >= 0.6 is 0 Å². The molecule has 1 aromatic rings. The molecular weight excluding hydrogens is 346 g/mol. The van der Waals surface area contributed by atoms with Gasteiger partial charge < -0.3 is 19.7 Å². The lowest BCUT2D eigenvalue weighted by Crippen LogP contribution is -2.43. The van der Waals surface area contributed by atoms with Crippen molar-refractivity contribution in [1.29, 1.82) is 0 Å². The highest BCUT2D eigenvalue weighted by Gasteiger charge is 2.15. The van der Waals surface area contributed by atoms with Crippen LogP contribution in [0.25, 0.3) is 0 Å². The Labute approximate surface area is 161 Å². The van der Waals surface area contributed by atoms with Crippen LogP contribution in [0, 0.1) is 0 Å². The first kappa shape index (κ1) is 21.2. The Balaban J connectivity index is 1.64. The minimum atomic E-state index is -0.0267. The highest BCUT2D eigenvalue weighted by molar-refractivity contribution is 5.78. The number of morpholine rings is 1. The monoisotopic (exact) mass is 377 g/mol. The molecule has 1 saturated heterocycles. The molecule has 0 aromatic heterocycles. The quantitative estimate of drug-likeness (QED) is 0.657. The fourth-order valence-electron chi connectivity index (χ4n) is 2.98. The predicted molar refractivity (Wildman–Crippen MR) is 104 cm³/mol. The smallest absolute Gasteiger partial charge is 0.221 e. The molecule has 1 heterocycles. The molecule has 7 heteroatoms. The van der Waals surface area contributed by atoms with E-state index >= 15 is 0 Å². The Morgan fingerprint density at radius 2 is 1.89 bits per heavy atom. The third-order valence-electron chi connectivity index (χ3n) is 4.74. The van der Waals surface area contributed by atoms with Gasteiger partial charge in [0.05, 0.1) is 20.3 Å². The summed E-state index contributed by atoms with van der Waals surface area (Å²) >= 11 is 0. The lowest BCUT2D eigenvalue weighted by molar-refractivity contribution is -0.130. The second-order valence-corrected chi connectivity index (χ2v) is 6.66. The number of methoxy groups -OCH3 is 1. The van der Waals surface area contributed by atoms with E-state index in [1.165, 1.54) is 0 Å². The van der Waals surface area contributed by atoms with Crippen LogP contribution in [0.4, 0.5) is 0 Å². The van der Waals surface area contributed by atoms with E-state index in [9.17, 15) is 9.59 Å². The van der Waals surface area contributed by atoms with Gasteiger partial charge in [-0.2, -0.15) is 0 Å². The minimum absolute atomic E-state index is 0.00860. The molecule has 7 nitrogen and oxygen atoms in total. The van der Waals surface area contributed by atoms with Gasteiger partial charge in [-0.1, -0.05) is 12.1 Å². The van der Waals surface area contributed by atoms with Crippen molar-refractivity contribution in [1.82, 2.24) is 15.1 Å². The third kappa shape index (κ3) is 7.97. The summed E-state index contributed by atoms with van der Waals surface area (Å²) in [6.45, 7) is 7.35. The van der Waals surface area contributed by atoms with Crippen molar-refractivity contribution in [3.8, 4) is 5.75 Å². The Kier molecular flexibility index (Phi) is 9.07. The summed E-state index contributed by atoms with van der Waals surface area (Å²) in [5, 5.41) is 2.92. The zero-order chi connectivity index (χ0) is 19.5. The Hall–Kier alpha value is -2.12. The maximum Gasteiger partial charge on any atom is 0.221 e. The Morgan fingerprint density at radius 3 is 2.52 bits per heavy atom. The summed E-state index contributed by atoms with van der Waals surface area (Å²) in [4.78, 5) is 27.9. The molecule has 0 bridgehead atoms. The van der Waals surface area contributed by atoms with Gasteiger partial charge in [0.15, 0.2) is 0 Å². The van der Waals surface area contributed by atoms with Crippen LogP contribution in [0.5, 0.6) is 5.75 Å². The van der Waals surface area contributed by atoms with Crippen LogP contribution < -0.4 is 10.1 Å². The Bertz CT molecular complexity index is 585. The zero-order valence-corrected chi connectivity index (χ0v) is 16.4. The molecule has 0 aliphatic carbocycles. The molecule has 1 N–H and O–H groups in total. The van der Waals surface area contributed by atoms with Gasteiger partial charge in [-0.15, -0.1) is 0 Å². The van der Waals surface area contributed by atoms with E-state index in [1.54, 1.807) is 18.9 Å². The van der Waals surface area contributed by atoms with E-state index in [1.807, 2.05) is 24.3 Å². The van der Waals surface area contributed by atoms with Crippen molar-refractivity contribution in [2.24, 2.45) is 0 Å². The number of amides is 2. The van der Waals surface area contributed by atoms with Gasteiger partial charge in [-0.25, -0.2) is 0 Å². The largest absolute Gasteiger partial charge is 0.497 e. The van der Waals surface area contributed by atoms with E-state index in [4.69, 9.17) is 9.47 Å². The number of carbonyl (C=O) groups excluding carboxylic acids is 2. The first-order valence-corrected chi connectivity index (χ1v) is 9.53. The molecule has 0 spiro atoms. The molecule has 27 heavy (non-hydrogen) atoms. The van der Waals surface area contributed by atoms with Crippen molar-refractivity contribution in [2.75, 3.05) is 59.6 Å². The number of rotatable bonds is 10. The number of hydrogen-bond acceptors (Lipinski definition) is 5. The van der Waals surface area contributed by atoms with Gasteiger partial charge in [-0.3, -0.25) is 14.5 Å². The highest BCUT2D eigenvalue weighted by atomic mass is 16.5. The van der Waals surface area contributed by atoms with Gasteiger partial charge in [0, 0.05) is 52.6 Å². The topological polar surface area (TPSA) is 71.1 Å². The number of benzene rings is 1. The van der Waals surface area contributed by atoms with Crippen LogP contribution in [0.3, 0.4) is 0 Å². The number of nitrogens with one attached hydrogen (secondary N) is 1. The normalized spacial score (nSPS) is 14.6. The molecule has 0 radical (unpaired) electrons. The maximum absolute atomic E-state index is 12.1. The lowest BCUT2D eigenvalue weighted by atomic mass is 10.1. The van der Waals surface area contributed by atoms with Gasteiger partial charge in [0.25, 0.3) is 0 Å². The van der Waals surface area contributed by atoms with E-state index < -0.39 is 0 Å². The first-order chi connectivity index (χ1) is 13.1. The van der Waals surface area contributed by atoms with Crippen molar-refractivity contribution in [3.05, 3.63) is 29.8 Å². The standard InChI is InChI=1S/C20H31N3O4/c1-17(24)23(12-11-22-13-15-27-16-14-22)10-8-20(25)21-9-7-18-3-5-19(26-2)6-4-18/h3-6H,7-16H2,1-2H3,(H,21,25). The van der Waals surface area contributed by atoms with Crippen LogP contribution in [0.15, 0.2) is 24.3 Å². The second-order valence-electron chi connectivity index (χ2n) is 6.66. The van der Waals surface area contributed by atoms with Crippen molar-refractivity contribution >= 4 is 11.8 Å². The minimum Gasteiger partial charge on any atom is -0.497 e. The molecule has 2 amide bonds. The van der Waals surface area contributed by atoms with Gasteiger partial charge in [-0.05, 0) is 24.1 Å². The fraction of sp³-hybridized carbons (Fsp3) is 0.600. The maximum atomic E-state index is 12.1. The van der Waals surface area contributed by atoms with E-state index in [2.05, 4.69) is 10.2 Å². The van der Waals surface area contributed by atoms with Gasteiger partial charge >= 0.3 is 0 Å². The van der Waals surface area contributed by atoms with Gasteiger partial charge in [0.1, 0.15) is 5.75 Å². The SMILES string of the molecule is COc1ccc(CCNC(=O)CCN(CCN2CCOCC2)C(C)=O)cc1. The first-order valence-electron chi connectivity index (χ1n) is 9.53. The summed E-state index contributed by atoms with van der Waals surface area (Å²) in [7, 11) is 1.64. The summed E-state index contributed by atoms with van der Waals surface area (Å²) in [5.41, 5.74) is 1.15. The molecule has 2 rings (SSSR count). The third-order valence-corrected chi connectivity index (χ3v) is 4.74. The lowest BCUT2D eigenvalue weighted by Gasteiger charge is -2.29. The van der Waals surface area contributed by atoms with Crippen molar-refractivity contribution in [3.63, 3.8) is 0 Å². The summed E-state index contributed by atoms with van der Waals surface area (Å²) in [6.07, 6.45) is 1.09. The molecule has 0 saturated carbocycles. The Morgan fingerprint density at radius 1 is 1.19 bits per heavy atom. The van der Waals surface area contributed by atoms with Crippen molar-refractivity contribution in [2.45, 2.75) is 19.8 Å². The van der Waals surface area contributed by atoms with E-state index in [0.29, 0.717) is 26.1 Å². The number of hydrogen-bond donors (Lipinski definition) is 1. The average Bonchev–Trinajstić information content (AvgIpc) is 2.69. The zero-order valence-electron chi connectivity index (χ0n) is 16.4. The predicted octanol–water partition coefficient (Wildman–Crippen LogP) is 0.925. The second kappa shape index (κ2) is 11.6. The average molecular weight is 377 g/mol. The number of ether oxygens (including phenoxy) is 2. The summed E-state index contributed by atoms with van der Waals surface area (Å²) < 4.78 is 10.5. The summed E-state index contributed by atoms with van der Waals surface area (Å²) in [5.74, 6) is 0.805. The molecule has 1 aliphatic heterocycles.